The zero-order valence-corrected chi connectivity index (χ0v) is 55.1. The van der Waals surface area contributed by atoms with E-state index >= 15 is 0 Å². The third-order valence-corrected chi connectivity index (χ3v) is 17.0. The highest BCUT2D eigenvalue weighted by Gasteiger charge is 2.20. The summed E-state index contributed by atoms with van der Waals surface area (Å²) in [7, 11) is 0. The first-order valence-electron chi connectivity index (χ1n) is 36.8. The number of carbonyl (C=O) groups excluding carboxylic acids is 3. The van der Waals surface area contributed by atoms with E-state index in [0.29, 0.717) is 19.3 Å². The Hall–Kier alpha value is -2.11. The van der Waals surface area contributed by atoms with E-state index in [1.54, 1.807) is 0 Å². The lowest BCUT2D eigenvalue weighted by Crippen LogP contribution is -2.30. The number of hydrogen-bond donors (Lipinski definition) is 0. The van der Waals surface area contributed by atoms with Gasteiger partial charge >= 0.3 is 17.9 Å². The molecule has 0 saturated heterocycles. The smallest absolute Gasteiger partial charge is 0.306 e. The highest BCUT2D eigenvalue weighted by molar-refractivity contribution is 5.71. The van der Waals surface area contributed by atoms with Crippen LogP contribution < -0.4 is 0 Å². The van der Waals surface area contributed by atoms with E-state index in [4.69, 9.17) is 14.2 Å². The van der Waals surface area contributed by atoms with Gasteiger partial charge in [-0.15, -0.1) is 0 Å². The molecular weight excluding hydrogens is 997 g/mol. The molecule has 0 aromatic carbocycles. The molecule has 6 nitrogen and oxygen atoms in total. The van der Waals surface area contributed by atoms with Gasteiger partial charge in [0.05, 0.1) is 0 Å². The quantitative estimate of drug-likeness (QED) is 0.0261. The average Bonchev–Trinajstić information content (AvgIpc) is 3.47. The molecule has 478 valence electrons. The lowest BCUT2D eigenvalue weighted by Gasteiger charge is -2.18. The van der Waals surface area contributed by atoms with Crippen LogP contribution in [-0.2, 0) is 28.6 Å². The molecule has 0 spiro atoms. The third-order valence-electron chi connectivity index (χ3n) is 17.0. The number of hydrogen-bond acceptors (Lipinski definition) is 6. The van der Waals surface area contributed by atoms with Gasteiger partial charge in [0.25, 0.3) is 0 Å². The van der Waals surface area contributed by atoms with Crippen LogP contribution in [0.5, 0.6) is 0 Å². The molecule has 0 bridgehead atoms. The summed E-state index contributed by atoms with van der Waals surface area (Å²) in [4.78, 5) is 38.5. The number of allylic oxidation sites excluding steroid dienone is 4. The maximum atomic E-state index is 13.0. The summed E-state index contributed by atoms with van der Waals surface area (Å²) in [5, 5.41) is 0. The minimum Gasteiger partial charge on any atom is -0.462 e. The second kappa shape index (κ2) is 70.4. The Morgan fingerprint density at radius 3 is 0.704 bits per heavy atom. The summed E-state index contributed by atoms with van der Waals surface area (Å²) in [6.07, 6.45) is 86.5. The summed E-state index contributed by atoms with van der Waals surface area (Å²) in [5.74, 6) is -0.848. The van der Waals surface area contributed by atoms with E-state index in [-0.39, 0.29) is 31.1 Å². The molecule has 6 heteroatoms. The topological polar surface area (TPSA) is 78.9 Å². The predicted molar refractivity (Wildman–Crippen MR) is 353 cm³/mol. The Bertz CT molecular complexity index is 1310. The van der Waals surface area contributed by atoms with Crippen LogP contribution in [0.2, 0.25) is 0 Å². The molecule has 0 fully saturated rings. The molecule has 0 aliphatic carbocycles. The molecule has 0 aliphatic rings. The van der Waals surface area contributed by atoms with Gasteiger partial charge in [0.1, 0.15) is 13.2 Å². The Labute approximate surface area is 506 Å². The van der Waals surface area contributed by atoms with Crippen molar-refractivity contribution in [1.82, 2.24) is 0 Å². The zero-order valence-electron chi connectivity index (χ0n) is 55.1. The lowest BCUT2D eigenvalue weighted by molar-refractivity contribution is -0.167. The van der Waals surface area contributed by atoms with Crippen molar-refractivity contribution in [3.63, 3.8) is 0 Å². The molecule has 0 aromatic rings. The van der Waals surface area contributed by atoms with Crippen LogP contribution in [0.15, 0.2) is 24.3 Å². The minimum atomic E-state index is -0.774. The first-order chi connectivity index (χ1) is 40.0. The summed E-state index contributed by atoms with van der Waals surface area (Å²) < 4.78 is 17.0. The van der Waals surface area contributed by atoms with Crippen molar-refractivity contribution in [2.75, 3.05) is 13.2 Å². The van der Waals surface area contributed by atoms with Crippen LogP contribution in [0.3, 0.4) is 0 Å². The van der Waals surface area contributed by atoms with Gasteiger partial charge in [0, 0.05) is 19.3 Å². The van der Waals surface area contributed by atoms with Crippen molar-refractivity contribution < 1.29 is 28.6 Å². The molecule has 0 radical (unpaired) electrons. The Morgan fingerprint density at radius 2 is 0.444 bits per heavy atom. The number of ether oxygens (including phenoxy) is 3. The first kappa shape index (κ1) is 78.9. The molecular formula is C75H142O6. The van der Waals surface area contributed by atoms with E-state index in [9.17, 15) is 14.4 Å². The van der Waals surface area contributed by atoms with Crippen LogP contribution in [0.1, 0.15) is 419 Å². The molecule has 0 heterocycles. The Kier molecular flexibility index (Phi) is 68.5. The van der Waals surface area contributed by atoms with Gasteiger partial charge < -0.3 is 14.2 Å². The molecule has 81 heavy (non-hydrogen) atoms. The van der Waals surface area contributed by atoms with Gasteiger partial charge in [-0.2, -0.15) is 0 Å². The predicted octanol–water partition coefficient (Wildman–Crippen LogP) is 25.3. The summed E-state index contributed by atoms with van der Waals surface area (Å²) in [6, 6.07) is 0. The van der Waals surface area contributed by atoms with Crippen LogP contribution in [-0.4, -0.2) is 37.2 Å². The second-order valence-corrected chi connectivity index (χ2v) is 25.2. The monoisotopic (exact) mass is 1140 g/mol. The van der Waals surface area contributed by atoms with Crippen molar-refractivity contribution in [1.29, 1.82) is 0 Å². The van der Waals surface area contributed by atoms with Crippen LogP contribution in [0, 0.1) is 0 Å². The Morgan fingerprint density at radius 1 is 0.247 bits per heavy atom. The van der Waals surface area contributed by atoms with Gasteiger partial charge in [-0.1, -0.05) is 373 Å². The van der Waals surface area contributed by atoms with Crippen molar-refractivity contribution in [3.05, 3.63) is 24.3 Å². The van der Waals surface area contributed by atoms with Gasteiger partial charge in [-0.25, -0.2) is 0 Å². The number of esters is 3. The van der Waals surface area contributed by atoms with Gasteiger partial charge in [-0.3, -0.25) is 14.4 Å². The summed E-state index contributed by atoms with van der Waals surface area (Å²) >= 11 is 0. The van der Waals surface area contributed by atoms with Crippen LogP contribution >= 0.6 is 0 Å². The normalized spacial score (nSPS) is 12.1. The fraction of sp³-hybridized carbons (Fsp3) is 0.907. The molecule has 0 aromatic heterocycles. The van der Waals surface area contributed by atoms with Crippen LogP contribution in [0.4, 0.5) is 0 Å². The SMILES string of the molecule is CCCCC/C=C\C/C=C\CCCCCCCC(=O)OCC(COC(=O)CCCCCCCCCCCCCCCCCCCCCCCCCC)OC(=O)CCCCCCCCCCCCCCCCCCCCCCCCCC. The Balaban J connectivity index is 4.24. The number of unbranched alkanes of at least 4 members (excludes halogenated alkanes) is 54. The summed E-state index contributed by atoms with van der Waals surface area (Å²) in [6.45, 7) is 6.70. The number of carbonyl (C=O) groups is 3. The zero-order chi connectivity index (χ0) is 58.5. The second-order valence-electron chi connectivity index (χ2n) is 25.2. The lowest BCUT2D eigenvalue weighted by atomic mass is 10.0. The molecule has 0 rings (SSSR count). The van der Waals surface area contributed by atoms with Gasteiger partial charge in [-0.05, 0) is 51.4 Å². The van der Waals surface area contributed by atoms with E-state index in [1.807, 2.05) is 0 Å². The van der Waals surface area contributed by atoms with Crippen LogP contribution in [0.25, 0.3) is 0 Å². The molecule has 0 amide bonds. The van der Waals surface area contributed by atoms with Crippen molar-refractivity contribution in [3.8, 4) is 0 Å². The van der Waals surface area contributed by atoms with E-state index in [2.05, 4.69) is 45.1 Å². The summed E-state index contributed by atoms with van der Waals surface area (Å²) in [5.41, 5.74) is 0. The van der Waals surface area contributed by atoms with E-state index in [0.717, 1.165) is 77.0 Å². The van der Waals surface area contributed by atoms with Crippen molar-refractivity contribution in [2.24, 2.45) is 0 Å². The molecule has 1 unspecified atom stereocenters. The molecule has 0 N–H and O–H groups in total. The highest BCUT2D eigenvalue weighted by atomic mass is 16.6. The van der Waals surface area contributed by atoms with Crippen molar-refractivity contribution >= 4 is 17.9 Å². The van der Waals surface area contributed by atoms with Gasteiger partial charge in [0.15, 0.2) is 6.10 Å². The first-order valence-corrected chi connectivity index (χ1v) is 36.8. The van der Waals surface area contributed by atoms with Crippen molar-refractivity contribution in [2.45, 2.75) is 425 Å². The molecule has 0 aliphatic heterocycles. The largest absolute Gasteiger partial charge is 0.462 e. The standard InChI is InChI=1S/C75H142O6/c1-4-7-10-13-16-19-22-25-28-30-32-34-36-38-40-42-44-47-50-53-56-59-62-65-68-74(77)80-71-72(70-79-73(76)67-64-61-58-55-52-49-46-27-24-21-18-15-12-9-6-3)81-75(78)69-66-63-60-57-54-51-48-45-43-41-39-37-35-33-31-29-26-23-20-17-14-11-8-5-2/h18,21,27,46,72H,4-17,19-20,22-26,28-45,47-71H2,1-3H3/b21-18-,46-27-. The minimum absolute atomic E-state index is 0.0691. The fourth-order valence-electron chi connectivity index (χ4n) is 11.4. The fourth-order valence-corrected chi connectivity index (χ4v) is 11.4. The highest BCUT2D eigenvalue weighted by Crippen LogP contribution is 2.19. The molecule has 0 saturated carbocycles. The van der Waals surface area contributed by atoms with E-state index in [1.165, 1.54) is 302 Å². The maximum absolute atomic E-state index is 13.0. The third kappa shape index (κ3) is 68.6. The molecule has 1 atom stereocenters. The average molecular weight is 1140 g/mol. The van der Waals surface area contributed by atoms with Gasteiger partial charge in [0.2, 0.25) is 0 Å². The van der Waals surface area contributed by atoms with E-state index < -0.39 is 6.10 Å². The number of rotatable bonds is 69. The maximum Gasteiger partial charge on any atom is 0.306 e.